The molecule has 1 nitrogen and oxygen atoms in total. The molecule has 2 rings (SSSR count). The SMILES string of the molecule is COc1ccc(C[PH](=S)c2ccccc2)cc1. The molecule has 0 amide bonds. The molecule has 0 fully saturated rings. The average Bonchev–Trinajstić information content (AvgIpc) is 2.40. The molecule has 2 aromatic carbocycles. The summed E-state index contributed by atoms with van der Waals surface area (Å²) in [4.78, 5) is 0. The van der Waals surface area contributed by atoms with E-state index in [-0.39, 0.29) is 0 Å². The summed E-state index contributed by atoms with van der Waals surface area (Å²) in [6.07, 6.45) is 0.980. The smallest absolute Gasteiger partial charge is 0.118 e. The van der Waals surface area contributed by atoms with Crippen molar-refractivity contribution in [2.75, 3.05) is 7.11 Å². The molecule has 17 heavy (non-hydrogen) atoms. The number of hydrogen-bond acceptors (Lipinski definition) is 2. The van der Waals surface area contributed by atoms with Gasteiger partial charge in [-0.25, -0.2) is 0 Å². The van der Waals surface area contributed by atoms with Gasteiger partial charge in [0.1, 0.15) is 5.75 Å². The van der Waals surface area contributed by atoms with Crippen molar-refractivity contribution in [2.45, 2.75) is 6.16 Å². The highest BCUT2D eigenvalue weighted by molar-refractivity contribution is 8.08. The molecular weight excluding hydrogens is 247 g/mol. The van der Waals surface area contributed by atoms with Crippen molar-refractivity contribution in [1.29, 1.82) is 0 Å². The summed E-state index contributed by atoms with van der Waals surface area (Å²) in [6, 6.07) is 18.6. The van der Waals surface area contributed by atoms with Crippen LogP contribution in [0.4, 0.5) is 0 Å². The molecule has 0 heterocycles. The van der Waals surface area contributed by atoms with Crippen LogP contribution in [0.2, 0.25) is 0 Å². The Labute approximate surface area is 108 Å². The second-order valence-corrected chi connectivity index (χ2v) is 7.07. The van der Waals surface area contributed by atoms with Crippen molar-refractivity contribution in [3.63, 3.8) is 0 Å². The molecule has 0 aliphatic heterocycles. The quantitative estimate of drug-likeness (QED) is 0.783. The molecule has 3 heteroatoms. The van der Waals surface area contributed by atoms with E-state index in [1.807, 2.05) is 18.2 Å². The van der Waals surface area contributed by atoms with Crippen molar-refractivity contribution in [1.82, 2.24) is 0 Å². The molecular formula is C14H15OPS. The lowest BCUT2D eigenvalue weighted by molar-refractivity contribution is 0.414. The molecule has 88 valence electrons. The molecule has 0 aromatic heterocycles. The van der Waals surface area contributed by atoms with E-state index in [9.17, 15) is 0 Å². The lowest BCUT2D eigenvalue weighted by Gasteiger charge is -2.06. The summed E-state index contributed by atoms with van der Waals surface area (Å²) in [5.74, 6) is 0.895. The summed E-state index contributed by atoms with van der Waals surface area (Å²) >= 11 is 5.62. The number of ether oxygens (including phenoxy) is 1. The van der Waals surface area contributed by atoms with Gasteiger partial charge in [-0.2, -0.15) is 0 Å². The maximum Gasteiger partial charge on any atom is 0.118 e. The van der Waals surface area contributed by atoms with Crippen LogP contribution >= 0.6 is 6.70 Å². The molecule has 0 spiro atoms. The van der Waals surface area contributed by atoms with Crippen LogP contribution in [0, 0.1) is 0 Å². The predicted molar refractivity (Wildman–Crippen MR) is 78.5 cm³/mol. The van der Waals surface area contributed by atoms with Crippen molar-refractivity contribution in [3.05, 3.63) is 60.2 Å². The van der Waals surface area contributed by atoms with Crippen molar-refractivity contribution in [3.8, 4) is 5.75 Å². The first-order chi connectivity index (χ1) is 8.29. The minimum Gasteiger partial charge on any atom is -0.497 e. The zero-order valence-corrected chi connectivity index (χ0v) is 11.5. The maximum atomic E-state index is 5.62. The van der Waals surface area contributed by atoms with Gasteiger partial charge in [0, 0.05) is 6.16 Å². The number of rotatable bonds is 4. The fraction of sp³-hybridized carbons (Fsp3) is 0.143. The monoisotopic (exact) mass is 262 g/mol. The zero-order valence-electron chi connectivity index (χ0n) is 9.72. The van der Waals surface area contributed by atoms with Crippen LogP contribution in [0.15, 0.2) is 54.6 Å². The van der Waals surface area contributed by atoms with Crippen LogP contribution in [0.25, 0.3) is 0 Å². The fourth-order valence-electron chi connectivity index (χ4n) is 1.65. The first-order valence-corrected chi connectivity index (χ1v) is 8.35. The van der Waals surface area contributed by atoms with Crippen LogP contribution in [0.5, 0.6) is 5.75 Å². The Morgan fingerprint density at radius 3 is 2.24 bits per heavy atom. The largest absolute Gasteiger partial charge is 0.497 e. The normalized spacial score (nSPS) is 12.1. The Hall–Kier alpha value is -1.11. The van der Waals surface area contributed by atoms with Crippen LogP contribution in [0.1, 0.15) is 5.56 Å². The number of methoxy groups -OCH3 is 1. The van der Waals surface area contributed by atoms with Crippen molar-refractivity contribution in [2.24, 2.45) is 0 Å². The zero-order chi connectivity index (χ0) is 12.1. The Bertz CT molecular complexity index is 493. The second kappa shape index (κ2) is 6.00. The molecule has 0 bridgehead atoms. The van der Waals surface area contributed by atoms with Gasteiger partial charge < -0.3 is 4.74 Å². The van der Waals surface area contributed by atoms with E-state index in [0.717, 1.165) is 11.9 Å². The van der Waals surface area contributed by atoms with Crippen LogP contribution in [-0.4, -0.2) is 7.11 Å². The van der Waals surface area contributed by atoms with Crippen LogP contribution in [-0.2, 0) is 18.0 Å². The molecule has 0 aliphatic carbocycles. The highest BCUT2D eigenvalue weighted by atomic mass is 32.4. The Morgan fingerprint density at radius 1 is 1.00 bits per heavy atom. The van der Waals surface area contributed by atoms with Gasteiger partial charge in [-0.15, -0.1) is 0 Å². The van der Waals surface area contributed by atoms with Gasteiger partial charge in [0.15, 0.2) is 0 Å². The molecule has 0 aliphatic rings. The van der Waals surface area contributed by atoms with Crippen molar-refractivity contribution >= 4 is 23.8 Å². The van der Waals surface area contributed by atoms with E-state index in [0.29, 0.717) is 0 Å². The summed E-state index contributed by atoms with van der Waals surface area (Å²) in [6.45, 7) is -0.896. The highest BCUT2D eigenvalue weighted by Crippen LogP contribution is 2.27. The van der Waals surface area contributed by atoms with Gasteiger partial charge in [0.05, 0.1) is 7.11 Å². The lowest BCUT2D eigenvalue weighted by atomic mass is 10.2. The summed E-state index contributed by atoms with van der Waals surface area (Å²) in [7, 11) is 1.68. The molecule has 0 N–H and O–H groups in total. The van der Waals surface area contributed by atoms with Crippen molar-refractivity contribution < 1.29 is 4.74 Å². The van der Waals surface area contributed by atoms with Gasteiger partial charge >= 0.3 is 0 Å². The topological polar surface area (TPSA) is 9.23 Å². The van der Waals surface area contributed by atoms with Gasteiger partial charge in [-0.1, -0.05) is 54.3 Å². The summed E-state index contributed by atoms with van der Waals surface area (Å²) < 4.78 is 5.14. The first kappa shape index (κ1) is 12.3. The molecule has 0 saturated carbocycles. The van der Waals surface area contributed by atoms with Gasteiger partial charge in [0.2, 0.25) is 0 Å². The summed E-state index contributed by atoms with van der Waals surface area (Å²) in [5.41, 5.74) is 1.29. The number of benzene rings is 2. The van der Waals surface area contributed by atoms with E-state index in [4.69, 9.17) is 16.5 Å². The minimum absolute atomic E-state index is 0.895. The molecule has 1 atom stereocenters. The third-order valence-electron chi connectivity index (χ3n) is 2.62. The van der Waals surface area contributed by atoms with E-state index < -0.39 is 6.70 Å². The van der Waals surface area contributed by atoms with Gasteiger partial charge in [-0.3, -0.25) is 0 Å². The molecule has 0 saturated heterocycles. The molecule has 2 aromatic rings. The third kappa shape index (κ3) is 3.42. The predicted octanol–water partition coefficient (Wildman–Crippen LogP) is 3.20. The van der Waals surface area contributed by atoms with E-state index in [2.05, 4.69) is 36.4 Å². The molecule has 1 unspecified atom stereocenters. The Kier molecular flexibility index (Phi) is 4.36. The van der Waals surface area contributed by atoms with E-state index >= 15 is 0 Å². The van der Waals surface area contributed by atoms with Crippen LogP contribution < -0.4 is 10.0 Å². The summed E-state index contributed by atoms with van der Waals surface area (Å²) in [5, 5.41) is 1.31. The average molecular weight is 262 g/mol. The third-order valence-corrected chi connectivity index (χ3v) is 5.47. The van der Waals surface area contributed by atoms with E-state index in [1.54, 1.807) is 7.11 Å². The van der Waals surface area contributed by atoms with E-state index in [1.165, 1.54) is 10.9 Å². The Balaban J connectivity index is 2.08. The maximum absolute atomic E-state index is 5.62. The lowest BCUT2D eigenvalue weighted by Crippen LogP contribution is -1.95. The Morgan fingerprint density at radius 2 is 1.65 bits per heavy atom. The first-order valence-electron chi connectivity index (χ1n) is 5.51. The standard InChI is InChI=1S/C14H15OPS/c1-15-13-9-7-12(8-10-13)11-16(17)14-5-3-2-4-6-14/h2-10,16H,11H2,1H3. The second-order valence-electron chi connectivity index (χ2n) is 3.81. The minimum atomic E-state index is -0.896. The van der Waals surface area contributed by atoms with Gasteiger partial charge in [0.25, 0.3) is 0 Å². The highest BCUT2D eigenvalue weighted by Gasteiger charge is 2.01. The number of hydrogen-bond donors (Lipinski definition) is 0. The molecule has 0 radical (unpaired) electrons. The fourth-order valence-corrected chi connectivity index (χ4v) is 3.94. The van der Waals surface area contributed by atoms with Crippen LogP contribution in [0.3, 0.4) is 0 Å². The van der Waals surface area contributed by atoms with Gasteiger partial charge in [-0.05, 0) is 29.7 Å².